The second-order valence-electron chi connectivity index (χ2n) is 10.5. The lowest BCUT2D eigenvalue weighted by atomic mass is 9.86. The van der Waals surface area contributed by atoms with Crippen molar-refractivity contribution in [3.8, 4) is 11.1 Å². The van der Waals surface area contributed by atoms with Crippen molar-refractivity contribution in [3.05, 3.63) is 94.2 Å². The molecule has 2 aliphatic rings. The number of esters is 1. The summed E-state index contributed by atoms with van der Waals surface area (Å²) in [6.45, 7) is 4.35. The van der Waals surface area contributed by atoms with Crippen molar-refractivity contribution in [1.29, 1.82) is 0 Å². The highest BCUT2D eigenvalue weighted by Crippen LogP contribution is 2.45. The second kappa shape index (κ2) is 10.4. The summed E-state index contributed by atoms with van der Waals surface area (Å²) in [5.41, 5.74) is 2.15. The van der Waals surface area contributed by atoms with E-state index >= 15 is 0 Å². The first-order valence-electron chi connectivity index (χ1n) is 13.0. The minimum absolute atomic E-state index is 0.00720. The summed E-state index contributed by atoms with van der Waals surface area (Å²) in [6, 6.07) is 19.4. The van der Waals surface area contributed by atoms with E-state index in [4.69, 9.17) is 16.3 Å². The smallest absolute Gasteiger partial charge is 0.343 e. The molecule has 208 valence electrons. The van der Waals surface area contributed by atoms with Crippen molar-refractivity contribution in [1.82, 2.24) is 4.90 Å². The fourth-order valence-corrected chi connectivity index (χ4v) is 6.43. The molecule has 1 unspecified atom stereocenters. The molecule has 1 amide bonds. The van der Waals surface area contributed by atoms with Gasteiger partial charge < -0.3 is 14.7 Å². The fourth-order valence-electron chi connectivity index (χ4n) is 5.49. The van der Waals surface area contributed by atoms with E-state index in [0.717, 1.165) is 11.8 Å². The Labute approximate surface area is 239 Å². The lowest BCUT2D eigenvalue weighted by molar-refractivity contribution is -0.153. The molecule has 3 aromatic carbocycles. The summed E-state index contributed by atoms with van der Waals surface area (Å²) in [5, 5.41) is 11.6. The van der Waals surface area contributed by atoms with Crippen molar-refractivity contribution in [2.45, 2.75) is 43.1 Å². The fraction of sp³-hybridized carbons (Fsp3) is 0.290. The van der Waals surface area contributed by atoms with Gasteiger partial charge in [0.15, 0.2) is 21.2 Å². The molecular weight excluding hydrogens is 550 g/mol. The van der Waals surface area contributed by atoms with Gasteiger partial charge in [-0.25, -0.2) is 13.2 Å². The van der Waals surface area contributed by atoms with E-state index in [0.29, 0.717) is 40.4 Å². The summed E-state index contributed by atoms with van der Waals surface area (Å²) in [4.78, 5) is 28.2. The van der Waals surface area contributed by atoms with Crippen LogP contribution in [-0.2, 0) is 24.2 Å². The van der Waals surface area contributed by atoms with Crippen LogP contribution in [0, 0.1) is 6.92 Å². The van der Waals surface area contributed by atoms with Gasteiger partial charge in [-0.05, 0) is 60.4 Å². The van der Waals surface area contributed by atoms with Crippen molar-refractivity contribution in [2.24, 2.45) is 0 Å². The number of nitrogens with zero attached hydrogens (tertiary/aromatic N) is 1. The highest BCUT2D eigenvalue weighted by Gasteiger charge is 2.51. The van der Waals surface area contributed by atoms with Gasteiger partial charge in [0.25, 0.3) is 0 Å². The highest BCUT2D eigenvalue weighted by molar-refractivity contribution is 7.90. The maximum Gasteiger partial charge on any atom is 0.343 e. The van der Waals surface area contributed by atoms with E-state index in [1.54, 1.807) is 42.2 Å². The molecule has 9 heteroatoms. The Kier molecular flexibility index (Phi) is 7.27. The Morgan fingerprint density at radius 3 is 2.35 bits per heavy atom. The average molecular weight is 580 g/mol. The van der Waals surface area contributed by atoms with Crippen LogP contribution in [0.1, 0.15) is 42.4 Å². The predicted molar refractivity (Wildman–Crippen MR) is 154 cm³/mol. The molecule has 0 bridgehead atoms. The summed E-state index contributed by atoms with van der Waals surface area (Å²) < 4.78 is 29.9. The average Bonchev–Trinajstić information content (AvgIpc) is 3.17. The number of halogens is 1. The largest absolute Gasteiger partial charge is 0.507 e. The molecule has 0 radical (unpaired) electrons. The molecule has 1 spiro atoms. The lowest BCUT2D eigenvalue weighted by Crippen LogP contribution is -2.49. The number of amides is 1. The number of aryl methyl sites for hydroxylation is 1. The standard InChI is InChI=1S/C31H30ClNO6S/c1-19-16-25(22-10-7-11-23(17-22)40(3,37)38)26(32)18-24(19)27-28(34)31(39-30(27)36)12-14-33(15-13-31)29(35)20(2)21-8-5-4-6-9-21/h4-11,16-18,20,34H,12-15H2,1-3H3. The van der Waals surface area contributed by atoms with E-state index < -0.39 is 21.4 Å². The Bertz CT molecular complexity index is 1640. The van der Waals surface area contributed by atoms with Gasteiger partial charge in [-0.3, -0.25) is 4.79 Å². The monoisotopic (exact) mass is 579 g/mol. The molecule has 0 aromatic heterocycles. The van der Waals surface area contributed by atoms with Crippen LogP contribution in [0.25, 0.3) is 16.7 Å². The zero-order valence-electron chi connectivity index (χ0n) is 22.5. The lowest BCUT2D eigenvalue weighted by Gasteiger charge is -2.38. The summed E-state index contributed by atoms with van der Waals surface area (Å²) in [5.74, 6) is -1.10. The molecule has 5 rings (SSSR count). The molecule has 2 heterocycles. The molecule has 0 aliphatic carbocycles. The van der Waals surface area contributed by atoms with Crippen LogP contribution in [0.15, 0.2) is 77.4 Å². The number of rotatable bonds is 5. The van der Waals surface area contributed by atoms with Crippen molar-refractivity contribution in [2.75, 3.05) is 19.3 Å². The molecule has 7 nitrogen and oxygen atoms in total. The molecular formula is C31H30ClNO6S. The van der Waals surface area contributed by atoms with E-state index in [9.17, 15) is 23.1 Å². The number of ether oxygens (including phenoxy) is 1. The zero-order valence-corrected chi connectivity index (χ0v) is 24.1. The van der Waals surface area contributed by atoms with Crippen molar-refractivity contribution < 1.29 is 27.9 Å². The van der Waals surface area contributed by atoms with Crippen molar-refractivity contribution >= 4 is 38.9 Å². The molecule has 1 fully saturated rings. The van der Waals surface area contributed by atoms with E-state index in [2.05, 4.69) is 0 Å². The summed E-state index contributed by atoms with van der Waals surface area (Å²) >= 11 is 6.64. The molecule has 0 saturated carbocycles. The number of likely N-dealkylation sites (tertiary alicyclic amines) is 1. The van der Waals surface area contributed by atoms with Crippen LogP contribution in [0.4, 0.5) is 0 Å². The second-order valence-corrected chi connectivity index (χ2v) is 12.9. The van der Waals surface area contributed by atoms with Gasteiger partial charge in [0.1, 0.15) is 5.57 Å². The molecule has 1 N–H and O–H groups in total. The van der Waals surface area contributed by atoms with Gasteiger partial charge in [0, 0.05) is 42.8 Å². The van der Waals surface area contributed by atoms with Gasteiger partial charge in [0.2, 0.25) is 5.91 Å². The topological polar surface area (TPSA) is 101 Å². The van der Waals surface area contributed by atoms with Gasteiger partial charge in [-0.15, -0.1) is 0 Å². The molecule has 1 saturated heterocycles. The van der Waals surface area contributed by atoms with Gasteiger partial charge in [-0.1, -0.05) is 54.1 Å². The SMILES string of the molecule is Cc1cc(-c2cccc(S(C)(=O)=O)c2)c(Cl)cc1C1=C(O)C2(CCN(C(=O)C(C)c3ccccc3)CC2)OC1=O. The zero-order chi connectivity index (χ0) is 28.8. The number of carbonyl (C=O) groups is 2. The Hall–Kier alpha value is -3.62. The Balaban J connectivity index is 1.40. The minimum Gasteiger partial charge on any atom is -0.507 e. The number of aliphatic hydroxyl groups excluding tert-OH is 1. The minimum atomic E-state index is -3.41. The first kappa shape index (κ1) is 27.9. The van der Waals surface area contributed by atoms with E-state index in [1.807, 2.05) is 37.3 Å². The molecule has 2 aliphatic heterocycles. The van der Waals surface area contributed by atoms with E-state index in [1.165, 1.54) is 6.07 Å². The van der Waals surface area contributed by atoms with Gasteiger partial charge in [-0.2, -0.15) is 0 Å². The van der Waals surface area contributed by atoms with Crippen LogP contribution in [0.2, 0.25) is 5.02 Å². The third-order valence-electron chi connectivity index (χ3n) is 7.87. The third-order valence-corrected chi connectivity index (χ3v) is 9.29. The van der Waals surface area contributed by atoms with Crippen LogP contribution >= 0.6 is 11.6 Å². The first-order chi connectivity index (χ1) is 18.9. The highest BCUT2D eigenvalue weighted by atomic mass is 35.5. The quantitative estimate of drug-likeness (QED) is 0.389. The molecule has 3 aromatic rings. The van der Waals surface area contributed by atoms with Crippen LogP contribution in [0.5, 0.6) is 0 Å². The number of aliphatic hydroxyl groups is 1. The summed E-state index contributed by atoms with van der Waals surface area (Å²) in [6.07, 6.45) is 1.71. The van der Waals surface area contributed by atoms with Crippen LogP contribution < -0.4 is 0 Å². The number of hydrogen-bond donors (Lipinski definition) is 1. The third kappa shape index (κ3) is 5.02. The molecule has 40 heavy (non-hydrogen) atoms. The first-order valence-corrected chi connectivity index (χ1v) is 15.3. The predicted octanol–water partition coefficient (Wildman–Crippen LogP) is 5.71. The number of sulfone groups is 1. The summed E-state index contributed by atoms with van der Waals surface area (Å²) in [7, 11) is -3.41. The van der Waals surface area contributed by atoms with Crippen LogP contribution in [0.3, 0.4) is 0 Å². The maximum atomic E-state index is 13.1. The number of piperidine rings is 1. The normalized spacial score (nSPS) is 17.7. The number of hydrogen-bond acceptors (Lipinski definition) is 6. The van der Waals surface area contributed by atoms with Gasteiger partial charge >= 0.3 is 5.97 Å². The Morgan fingerprint density at radius 1 is 1.02 bits per heavy atom. The van der Waals surface area contributed by atoms with Gasteiger partial charge in [0.05, 0.1) is 10.8 Å². The maximum absolute atomic E-state index is 13.1. The molecule has 1 atom stereocenters. The number of benzene rings is 3. The number of carbonyl (C=O) groups excluding carboxylic acids is 2. The van der Waals surface area contributed by atoms with Crippen LogP contribution in [-0.4, -0.2) is 55.2 Å². The Morgan fingerprint density at radius 2 is 1.70 bits per heavy atom. The van der Waals surface area contributed by atoms with E-state index in [-0.39, 0.29) is 40.9 Å². The van der Waals surface area contributed by atoms with Crippen molar-refractivity contribution in [3.63, 3.8) is 0 Å².